The molecule has 376 valence electrons. The van der Waals surface area contributed by atoms with Gasteiger partial charge in [0.25, 0.3) is 0 Å². The number of halogens is 3. The van der Waals surface area contributed by atoms with Gasteiger partial charge in [0.2, 0.25) is 11.9 Å². The third-order valence-corrected chi connectivity index (χ3v) is 14.5. The minimum atomic E-state index is -0.494. The summed E-state index contributed by atoms with van der Waals surface area (Å²) in [6.07, 6.45) is 20.0. The fraction of sp³-hybridized carbons (Fsp3) is 0.431. The van der Waals surface area contributed by atoms with Crippen molar-refractivity contribution in [3.8, 4) is 0 Å². The zero-order chi connectivity index (χ0) is 48.6. The fourth-order valence-corrected chi connectivity index (χ4v) is 11.0. The summed E-state index contributed by atoms with van der Waals surface area (Å²) in [5.74, 6) is 2.41. The molecule has 0 spiro atoms. The first-order valence-corrected chi connectivity index (χ1v) is 25.6. The first-order chi connectivity index (χ1) is 34.5. The van der Waals surface area contributed by atoms with Gasteiger partial charge in [-0.15, -0.1) is 12.4 Å². The molecule has 10 heterocycles. The Hall–Kier alpha value is -6.34. The lowest BCUT2D eigenvalue weighted by molar-refractivity contribution is 0.0240. The Labute approximate surface area is 433 Å². The molecule has 8 aromatic rings. The Morgan fingerprint density at radius 1 is 0.597 bits per heavy atom. The predicted octanol–water partition coefficient (Wildman–Crippen LogP) is 10.7. The lowest BCUT2D eigenvalue weighted by Crippen LogP contribution is -2.50. The SMILES string of the molecule is CC(C)(C)OC(=O)N1CCN(c2ccc(Nc3ncc4c5ccnc(Cl)c5n(C5CCCC5)c4n3)nc2)CC1.Cl.Clc1nccc2c3cnc(Nc4ccc(N5CCNCC5)cn4)nc3n(C3CCCC3)c12. The van der Waals surface area contributed by atoms with Crippen LogP contribution in [0.5, 0.6) is 0 Å². The number of piperazine rings is 2. The number of nitrogens with zero attached hydrogens (tertiary/aromatic N) is 13. The van der Waals surface area contributed by atoms with E-state index in [9.17, 15) is 4.79 Å². The third-order valence-electron chi connectivity index (χ3n) is 13.9. The topological polar surface area (TPSA) is 185 Å². The number of anilines is 6. The van der Waals surface area contributed by atoms with Gasteiger partial charge in [-0.05, 0) is 82.9 Å². The van der Waals surface area contributed by atoms with Crippen LogP contribution >= 0.6 is 35.6 Å². The van der Waals surface area contributed by atoms with Crippen molar-refractivity contribution in [1.82, 2.24) is 59.2 Å². The van der Waals surface area contributed by atoms with Gasteiger partial charge in [-0.3, -0.25) is 0 Å². The van der Waals surface area contributed by atoms with Crippen molar-refractivity contribution >= 4 is 120 Å². The van der Waals surface area contributed by atoms with E-state index in [0.717, 1.165) is 126 Å². The van der Waals surface area contributed by atoms with Gasteiger partial charge in [0, 0.05) is 111 Å². The number of hydrogen-bond acceptors (Lipinski definition) is 15. The second kappa shape index (κ2) is 21.0. The summed E-state index contributed by atoms with van der Waals surface area (Å²) in [4.78, 5) is 55.5. The van der Waals surface area contributed by atoms with Crippen LogP contribution in [-0.2, 0) is 4.74 Å². The number of hydrogen-bond donors (Lipinski definition) is 3. The van der Waals surface area contributed by atoms with Crippen LogP contribution in [0, 0.1) is 0 Å². The molecule has 8 aromatic heterocycles. The largest absolute Gasteiger partial charge is 0.444 e. The number of rotatable bonds is 8. The molecule has 3 N–H and O–H groups in total. The molecule has 0 bridgehead atoms. The number of amides is 1. The number of ether oxygens (including phenoxy) is 1. The average molecular weight is 1030 g/mol. The van der Waals surface area contributed by atoms with Crippen LogP contribution in [-0.4, -0.2) is 118 Å². The molecule has 0 aromatic carbocycles. The summed E-state index contributed by atoms with van der Waals surface area (Å²) >= 11 is 13.1. The van der Waals surface area contributed by atoms with Gasteiger partial charge >= 0.3 is 6.09 Å². The zero-order valence-corrected chi connectivity index (χ0v) is 43.0. The maximum absolute atomic E-state index is 12.4. The zero-order valence-electron chi connectivity index (χ0n) is 40.7. The molecular formula is C51H59Cl3N16O2. The minimum absolute atomic E-state index is 0. The van der Waals surface area contributed by atoms with E-state index in [4.69, 9.17) is 37.9 Å². The second-order valence-electron chi connectivity index (χ2n) is 19.7. The van der Waals surface area contributed by atoms with E-state index in [-0.39, 0.29) is 18.5 Å². The predicted molar refractivity (Wildman–Crippen MR) is 288 cm³/mol. The monoisotopic (exact) mass is 1030 g/mol. The summed E-state index contributed by atoms with van der Waals surface area (Å²) in [5, 5.41) is 15.0. The Morgan fingerprint density at radius 3 is 1.49 bits per heavy atom. The van der Waals surface area contributed by atoms with Crippen LogP contribution in [0.25, 0.3) is 43.9 Å². The quantitative estimate of drug-likeness (QED) is 0.122. The first-order valence-electron chi connectivity index (χ1n) is 24.8. The molecule has 2 saturated heterocycles. The summed E-state index contributed by atoms with van der Waals surface area (Å²) < 4.78 is 10.0. The van der Waals surface area contributed by atoms with E-state index in [0.29, 0.717) is 53.2 Å². The van der Waals surface area contributed by atoms with E-state index >= 15 is 0 Å². The van der Waals surface area contributed by atoms with E-state index in [1.807, 2.05) is 75.9 Å². The van der Waals surface area contributed by atoms with Crippen molar-refractivity contribution < 1.29 is 9.53 Å². The molecule has 0 unspecified atom stereocenters. The summed E-state index contributed by atoms with van der Waals surface area (Å²) in [6, 6.07) is 12.8. The highest BCUT2D eigenvalue weighted by molar-refractivity contribution is 6.35. The molecule has 21 heteroatoms. The van der Waals surface area contributed by atoms with E-state index in [1.165, 1.54) is 25.7 Å². The number of pyridine rings is 4. The van der Waals surface area contributed by atoms with Gasteiger partial charge in [0.05, 0.1) is 34.8 Å². The number of aromatic nitrogens is 10. The molecule has 4 fully saturated rings. The standard InChI is InChI=1S/C28H33ClN8O2.C23H25ClN8.ClH/c1-28(2,3)39-27(38)36-14-12-35(13-15-36)19-8-9-22(31-16-19)33-26-32-17-21-20-10-11-30-24(29)23(20)37(25(21)34-26)18-6-4-5-7-18;24-21-20-17(7-8-26-21)18-14-28-23(30-22(18)32(20)15-3-1-2-4-15)29-19-6-5-16(13-27-19)31-11-9-25-10-12-31;/h8-11,16-18H,4-7,12-15H2,1-3H3,(H,31,32,33,34);5-8,13-15,25H,1-4,9-12H2,(H,27,28,29,30);1H. The van der Waals surface area contributed by atoms with Crippen LogP contribution in [0.15, 0.2) is 73.6 Å². The van der Waals surface area contributed by atoms with Gasteiger partial charge in [-0.2, -0.15) is 9.97 Å². The highest BCUT2D eigenvalue weighted by atomic mass is 35.5. The average Bonchev–Trinajstić information content (AvgIpc) is 4.22. The molecule has 12 rings (SSSR count). The molecule has 0 atom stereocenters. The molecule has 18 nitrogen and oxygen atoms in total. The van der Waals surface area contributed by atoms with Gasteiger partial charge in [-0.25, -0.2) is 34.7 Å². The van der Waals surface area contributed by atoms with Crippen molar-refractivity contribution in [2.75, 3.05) is 72.8 Å². The highest BCUT2D eigenvalue weighted by Crippen LogP contribution is 2.41. The first kappa shape index (κ1) is 49.2. The molecule has 2 saturated carbocycles. The van der Waals surface area contributed by atoms with Crippen molar-refractivity contribution in [1.29, 1.82) is 0 Å². The third kappa shape index (κ3) is 10.2. The van der Waals surface area contributed by atoms with Crippen molar-refractivity contribution in [3.63, 3.8) is 0 Å². The smallest absolute Gasteiger partial charge is 0.410 e. The van der Waals surface area contributed by atoms with Crippen LogP contribution in [0.1, 0.15) is 84.2 Å². The molecule has 2 aliphatic carbocycles. The Kier molecular flexibility index (Phi) is 14.4. The molecule has 72 heavy (non-hydrogen) atoms. The van der Waals surface area contributed by atoms with Crippen molar-refractivity contribution in [2.45, 2.75) is 89.8 Å². The number of carbonyl (C=O) groups is 1. The van der Waals surface area contributed by atoms with Gasteiger partial charge in [0.15, 0.2) is 10.3 Å². The van der Waals surface area contributed by atoms with Crippen molar-refractivity contribution in [2.24, 2.45) is 0 Å². The Morgan fingerprint density at radius 2 is 1.06 bits per heavy atom. The van der Waals surface area contributed by atoms with Gasteiger partial charge in [0.1, 0.15) is 28.5 Å². The Balaban J connectivity index is 0.000000166. The van der Waals surface area contributed by atoms with Crippen LogP contribution < -0.4 is 25.8 Å². The van der Waals surface area contributed by atoms with E-state index in [2.05, 4.69) is 70.9 Å². The van der Waals surface area contributed by atoms with Gasteiger partial charge in [-0.1, -0.05) is 48.9 Å². The molecule has 1 amide bonds. The second-order valence-corrected chi connectivity index (χ2v) is 20.4. The minimum Gasteiger partial charge on any atom is -0.444 e. The van der Waals surface area contributed by atoms with Crippen LogP contribution in [0.4, 0.5) is 39.7 Å². The molecule has 4 aliphatic rings. The van der Waals surface area contributed by atoms with Crippen LogP contribution in [0.3, 0.4) is 0 Å². The normalized spacial score (nSPS) is 16.9. The van der Waals surface area contributed by atoms with E-state index in [1.54, 1.807) is 17.3 Å². The molecule has 2 aliphatic heterocycles. The number of fused-ring (bicyclic) bond motifs is 6. The Bertz CT molecular complexity index is 3190. The molecular weight excluding hydrogens is 975 g/mol. The number of carbonyl (C=O) groups excluding carboxylic acids is 1. The van der Waals surface area contributed by atoms with Crippen molar-refractivity contribution in [3.05, 3.63) is 83.9 Å². The lowest BCUT2D eigenvalue weighted by atomic mass is 10.2. The summed E-state index contributed by atoms with van der Waals surface area (Å²) in [5.41, 5.74) is 5.30. The maximum Gasteiger partial charge on any atom is 0.410 e. The highest BCUT2D eigenvalue weighted by Gasteiger charge is 2.29. The molecule has 0 radical (unpaired) electrons. The maximum atomic E-state index is 12.4. The van der Waals surface area contributed by atoms with Crippen LogP contribution in [0.2, 0.25) is 10.3 Å². The van der Waals surface area contributed by atoms with E-state index < -0.39 is 5.60 Å². The number of nitrogens with one attached hydrogen (secondary N) is 3. The van der Waals surface area contributed by atoms with Gasteiger partial charge < -0.3 is 44.5 Å². The summed E-state index contributed by atoms with van der Waals surface area (Å²) in [6.45, 7) is 12.3. The fourth-order valence-electron chi connectivity index (χ4n) is 10.5. The lowest BCUT2D eigenvalue weighted by Gasteiger charge is -2.36. The summed E-state index contributed by atoms with van der Waals surface area (Å²) in [7, 11) is 0.